The Bertz CT molecular complexity index is 1190. The van der Waals surface area contributed by atoms with Crippen molar-refractivity contribution in [3.63, 3.8) is 0 Å². The molecule has 1 saturated heterocycles. The van der Waals surface area contributed by atoms with E-state index in [1.54, 1.807) is 24.3 Å². The number of rotatable bonds is 5. The van der Waals surface area contributed by atoms with Gasteiger partial charge in [-0.2, -0.15) is 0 Å². The molecule has 170 valence electrons. The van der Waals surface area contributed by atoms with Crippen LogP contribution in [-0.4, -0.2) is 42.7 Å². The summed E-state index contributed by atoms with van der Waals surface area (Å²) in [6, 6.07) is 21.1. The smallest absolute Gasteiger partial charge is 0.337 e. The lowest BCUT2D eigenvalue weighted by Gasteiger charge is -2.42. The molecule has 4 rings (SSSR count). The summed E-state index contributed by atoms with van der Waals surface area (Å²) in [5, 5.41) is 12.7. The maximum absolute atomic E-state index is 12.7. The molecule has 1 fully saturated rings. The molecular formula is C27H29N3O3. The van der Waals surface area contributed by atoms with Crippen molar-refractivity contribution in [1.29, 1.82) is 0 Å². The van der Waals surface area contributed by atoms with E-state index < -0.39 is 5.97 Å². The van der Waals surface area contributed by atoms with Gasteiger partial charge in [0.2, 0.25) is 0 Å². The average molecular weight is 444 g/mol. The molecular weight excluding hydrogens is 414 g/mol. The molecule has 0 spiro atoms. The minimum Gasteiger partial charge on any atom is -0.478 e. The Labute approximate surface area is 194 Å². The van der Waals surface area contributed by atoms with Crippen LogP contribution in [0.3, 0.4) is 0 Å². The molecule has 3 aromatic carbocycles. The van der Waals surface area contributed by atoms with Crippen LogP contribution in [0.25, 0.3) is 0 Å². The number of nitrogens with one attached hydrogen (secondary N) is 1. The first-order valence-corrected chi connectivity index (χ1v) is 11.2. The van der Waals surface area contributed by atoms with Gasteiger partial charge in [-0.05, 0) is 68.3 Å². The molecule has 2 N–H and O–H groups in total. The number of benzene rings is 3. The predicted octanol–water partition coefficient (Wildman–Crippen LogP) is 4.97. The molecule has 1 aliphatic heterocycles. The molecule has 6 heteroatoms. The van der Waals surface area contributed by atoms with Gasteiger partial charge in [-0.3, -0.25) is 4.79 Å². The molecule has 33 heavy (non-hydrogen) atoms. The zero-order valence-electron chi connectivity index (χ0n) is 19.2. The molecule has 0 aromatic heterocycles. The van der Waals surface area contributed by atoms with E-state index in [4.69, 9.17) is 0 Å². The van der Waals surface area contributed by atoms with E-state index in [1.807, 2.05) is 25.1 Å². The number of hydrogen-bond donors (Lipinski definition) is 2. The van der Waals surface area contributed by atoms with E-state index >= 15 is 0 Å². The number of nitrogens with zero attached hydrogens (tertiary/aromatic N) is 2. The zero-order chi connectivity index (χ0) is 23.5. The Morgan fingerprint density at radius 3 is 2.42 bits per heavy atom. The van der Waals surface area contributed by atoms with Crippen molar-refractivity contribution in [2.24, 2.45) is 0 Å². The van der Waals surface area contributed by atoms with Crippen LogP contribution in [0.15, 0.2) is 66.7 Å². The van der Waals surface area contributed by atoms with Gasteiger partial charge in [0.25, 0.3) is 5.91 Å². The highest BCUT2D eigenvalue weighted by Crippen LogP contribution is 2.29. The lowest BCUT2D eigenvalue weighted by atomic mass is 10.1. The maximum Gasteiger partial charge on any atom is 0.337 e. The molecule has 1 amide bonds. The first-order valence-electron chi connectivity index (χ1n) is 11.2. The van der Waals surface area contributed by atoms with Gasteiger partial charge in [0.05, 0.1) is 11.3 Å². The number of carbonyl (C=O) groups is 2. The van der Waals surface area contributed by atoms with Gasteiger partial charge < -0.3 is 20.2 Å². The second kappa shape index (κ2) is 9.36. The number of carboxylic acid groups (broad SMARTS) is 1. The number of aromatic carboxylic acids is 1. The number of amides is 1. The van der Waals surface area contributed by atoms with Gasteiger partial charge in [-0.1, -0.05) is 30.3 Å². The fourth-order valence-electron chi connectivity index (χ4n) is 4.45. The van der Waals surface area contributed by atoms with E-state index in [1.165, 1.54) is 11.3 Å². The highest BCUT2D eigenvalue weighted by Gasteiger charge is 2.27. The van der Waals surface area contributed by atoms with Crippen LogP contribution in [0.1, 0.15) is 38.8 Å². The summed E-state index contributed by atoms with van der Waals surface area (Å²) in [6.45, 7) is 8.35. The lowest BCUT2D eigenvalue weighted by Crippen LogP contribution is -2.52. The summed E-state index contributed by atoms with van der Waals surface area (Å²) in [5.41, 5.74) is 5.18. The normalized spacial score (nSPS) is 15.9. The van der Waals surface area contributed by atoms with Crippen molar-refractivity contribution < 1.29 is 14.7 Å². The summed E-state index contributed by atoms with van der Waals surface area (Å²) >= 11 is 0. The Hall–Kier alpha value is -3.80. The van der Waals surface area contributed by atoms with E-state index in [2.05, 4.69) is 53.2 Å². The number of aryl methyl sites for hydroxylation is 2. The molecule has 6 nitrogen and oxygen atoms in total. The van der Waals surface area contributed by atoms with Crippen LogP contribution in [0.2, 0.25) is 0 Å². The molecule has 0 radical (unpaired) electrons. The molecule has 3 aromatic rings. The molecule has 0 saturated carbocycles. The predicted molar refractivity (Wildman–Crippen MR) is 133 cm³/mol. The van der Waals surface area contributed by atoms with Gasteiger partial charge in [0.15, 0.2) is 0 Å². The van der Waals surface area contributed by atoms with Gasteiger partial charge in [-0.25, -0.2) is 4.79 Å². The van der Waals surface area contributed by atoms with E-state index in [-0.39, 0.29) is 17.5 Å². The zero-order valence-corrected chi connectivity index (χ0v) is 19.2. The molecule has 0 unspecified atom stereocenters. The minimum absolute atomic E-state index is 0.189. The Morgan fingerprint density at radius 2 is 1.73 bits per heavy atom. The number of carbonyl (C=O) groups excluding carboxylic acids is 1. The van der Waals surface area contributed by atoms with Crippen molar-refractivity contribution in [2.75, 3.05) is 34.8 Å². The number of anilines is 3. The standard InChI is InChI=1S/C27H29N3O3/c1-18-7-6-9-22(15-18)30-14-13-29(17-20(30)3)25-12-11-21(16-24(25)27(32)33)28-26(31)23-10-5-4-8-19(23)2/h4-12,15-16,20H,13-14,17H2,1-3H3,(H,28,31)(H,32,33)/t20-/m0/s1. The van der Waals surface area contributed by atoms with Gasteiger partial charge in [0, 0.05) is 42.6 Å². The van der Waals surface area contributed by atoms with Gasteiger partial charge in [0.1, 0.15) is 0 Å². The fourth-order valence-corrected chi connectivity index (χ4v) is 4.45. The topological polar surface area (TPSA) is 72.9 Å². The summed E-state index contributed by atoms with van der Waals surface area (Å²) in [4.78, 5) is 29.2. The van der Waals surface area contributed by atoms with Crippen molar-refractivity contribution in [1.82, 2.24) is 0 Å². The van der Waals surface area contributed by atoms with Gasteiger partial charge in [-0.15, -0.1) is 0 Å². The monoisotopic (exact) mass is 443 g/mol. The molecule has 1 aliphatic rings. The first kappa shape index (κ1) is 22.4. The minimum atomic E-state index is -1.01. The Morgan fingerprint density at radius 1 is 0.939 bits per heavy atom. The van der Waals surface area contributed by atoms with Crippen molar-refractivity contribution in [3.05, 3.63) is 89.0 Å². The van der Waals surface area contributed by atoms with Crippen LogP contribution in [0.5, 0.6) is 0 Å². The van der Waals surface area contributed by atoms with Crippen LogP contribution in [0.4, 0.5) is 17.1 Å². The van der Waals surface area contributed by atoms with E-state index in [0.717, 1.165) is 12.1 Å². The summed E-state index contributed by atoms with van der Waals surface area (Å²) in [7, 11) is 0. The molecule has 0 aliphatic carbocycles. The highest BCUT2D eigenvalue weighted by molar-refractivity contribution is 6.06. The van der Waals surface area contributed by atoms with Crippen LogP contribution in [0, 0.1) is 13.8 Å². The second-order valence-electron chi connectivity index (χ2n) is 8.63. The maximum atomic E-state index is 12.7. The fraction of sp³-hybridized carbons (Fsp3) is 0.259. The van der Waals surface area contributed by atoms with Crippen molar-refractivity contribution in [2.45, 2.75) is 26.8 Å². The van der Waals surface area contributed by atoms with E-state index in [0.29, 0.717) is 30.0 Å². The second-order valence-corrected chi connectivity index (χ2v) is 8.63. The van der Waals surface area contributed by atoms with Crippen LogP contribution in [-0.2, 0) is 0 Å². The molecule has 0 bridgehead atoms. The number of piperazine rings is 1. The third-order valence-corrected chi connectivity index (χ3v) is 6.18. The van der Waals surface area contributed by atoms with Gasteiger partial charge >= 0.3 is 5.97 Å². The molecule has 1 atom stereocenters. The largest absolute Gasteiger partial charge is 0.478 e. The third-order valence-electron chi connectivity index (χ3n) is 6.18. The quantitative estimate of drug-likeness (QED) is 0.583. The highest BCUT2D eigenvalue weighted by atomic mass is 16.4. The Kier molecular flexibility index (Phi) is 6.36. The summed E-state index contributed by atoms with van der Waals surface area (Å²) < 4.78 is 0. The number of hydrogen-bond acceptors (Lipinski definition) is 4. The van der Waals surface area contributed by atoms with Crippen molar-refractivity contribution >= 4 is 28.9 Å². The van der Waals surface area contributed by atoms with Crippen LogP contribution < -0.4 is 15.1 Å². The molecule has 1 heterocycles. The first-order chi connectivity index (χ1) is 15.8. The van der Waals surface area contributed by atoms with Crippen LogP contribution >= 0.6 is 0 Å². The third kappa shape index (κ3) is 4.85. The lowest BCUT2D eigenvalue weighted by molar-refractivity contribution is 0.0697. The average Bonchev–Trinajstić information content (AvgIpc) is 2.79. The SMILES string of the molecule is Cc1cccc(N2CCN(c3ccc(NC(=O)c4ccccc4C)cc3C(=O)O)C[C@@H]2C)c1. The summed E-state index contributed by atoms with van der Waals surface area (Å²) in [5.74, 6) is -1.26. The van der Waals surface area contributed by atoms with Crippen molar-refractivity contribution in [3.8, 4) is 0 Å². The Balaban J connectivity index is 1.53. The summed E-state index contributed by atoms with van der Waals surface area (Å²) in [6.07, 6.45) is 0. The van der Waals surface area contributed by atoms with E-state index in [9.17, 15) is 14.7 Å². The number of carboxylic acids is 1.